The lowest BCUT2D eigenvalue weighted by Gasteiger charge is -2.43. The van der Waals surface area contributed by atoms with Crippen LogP contribution in [-0.2, 0) is 14.3 Å². The summed E-state index contributed by atoms with van der Waals surface area (Å²) < 4.78 is 22.2. The van der Waals surface area contributed by atoms with Gasteiger partial charge in [0, 0.05) is 13.0 Å². The SMILES string of the molecule is O=C(OCC(=O)N1CCO[C@H]2CCCC[C@H]21)c1cc(Cl)c2c(c1)OCCCO2. The van der Waals surface area contributed by atoms with Crippen molar-refractivity contribution in [2.24, 2.45) is 0 Å². The predicted molar refractivity (Wildman–Crippen MR) is 101 cm³/mol. The molecule has 7 nitrogen and oxygen atoms in total. The smallest absolute Gasteiger partial charge is 0.338 e. The molecule has 3 aliphatic rings. The number of amides is 1. The number of ether oxygens (including phenoxy) is 4. The summed E-state index contributed by atoms with van der Waals surface area (Å²) in [5, 5.41) is 0.288. The van der Waals surface area contributed by atoms with Crippen LogP contribution in [0.25, 0.3) is 0 Å². The molecular formula is C20H24ClNO6. The van der Waals surface area contributed by atoms with Crippen LogP contribution in [0.5, 0.6) is 11.5 Å². The van der Waals surface area contributed by atoms with Crippen molar-refractivity contribution in [1.82, 2.24) is 4.90 Å². The quantitative estimate of drug-likeness (QED) is 0.715. The van der Waals surface area contributed by atoms with Crippen LogP contribution in [0.1, 0.15) is 42.5 Å². The fraction of sp³-hybridized carbons (Fsp3) is 0.600. The van der Waals surface area contributed by atoms with Gasteiger partial charge < -0.3 is 23.8 Å². The van der Waals surface area contributed by atoms with Crippen LogP contribution in [0.4, 0.5) is 0 Å². The van der Waals surface area contributed by atoms with Gasteiger partial charge in [-0.25, -0.2) is 4.79 Å². The van der Waals surface area contributed by atoms with Crippen molar-refractivity contribution in [3.63, 3.8) is 0 Å². The minimum absolute atomic E-state index is 0.0844. The van der Waals surface area contributed by atoms with E-state index in [1.165, 1.54) is 6.07 Å². The number of esters is 1. The van der Waals surface area contributed by atoms with E-state index < -0.39 is 5.97 Å². The Balaban J connectivity index is 1.39. The number of fused-ring (bicyclic) bond motifs is 2. The maximum absolute atomic E-state index is 12.7. The van der Waals surface area contributed by atoms with Crippen LogP contribution in [-0.4, -0.2) is 61.9 Å². The molecular weight excluding hydrogens is 386 g/mol. The summed E-state index contributed by atoms with van der Waals surface area (Å²) in [5.74, 6) is 0.0540. The minimum atomic E-state index is -0.612. The lowest BCUT2D eigenvalue weighted by Crippen LogP contribution is -2.55. The first-order valence-corrected chi connectivity index (χ1v) is 10.2. The zero-order chi connectivity index (χ0) is 19.5. The van der Waals surface area contributed by atoms with Gasteiger partial charge in [-0.1, -0.05) is 24.4 Å². The standard InChI is InChI=1S/C20H24ClNO6/c21-14-10-13(11-17-19(14)27-8-3-7-25-17)20(24)28-12-18(23)22-6-9-26-16-5-2-1-4-15(16)22/h10-11,15-16H,1-9,12H2/t15-,16+/m1/s1. The third kappa shape index (κ3) is 4.05. The van der Waals surface area contributed by atoms with E-state index in [-0.39, 0.29) is 35.2 Å². The van der Waals surface area contributed by atoms with Crippen molar-refractivity contribution < 1.29 is 28.5 Å². The number of halogens is 1. The van der Waals surface area contributed by atoms with Crippen LogP contribution in [0, 0.1) is 0 Å². The molecule has 1 aromatic carbocycles. The third-order valence-electron chi connectivity index (χ3n) is 5.42. The van der Waals surface area contributed by atoms with Crippen LogP contribution in [0.15, 0.2) is 12.1 Å². The fourth-order valence-corrected chi connectivity index (χ4v) is 4.31. The van der Waals surface area contributed by atoms with Crippen LogP contribution in [0.3, 0.4) is 0 Å². The van der Waals surface area contributed by atoms with Crippen molar-refractivity contribution in [2.75, 3.05) is 33.0 Å². The highest BCUT2D eigenvalue weighted by Gasteiger charge is 2.36. The Morgan fingerprint density at radius 3 is 2.82 bits per heavy atom. The second-order valence-electron chi connectivity index (χ2n) is 7.26. The Kier molecular flexibility index (Phi) is 5.92. The maximum Gasteiger partial charge on any atom is 0.338 e. The third-order valence-corrected chi connectivity index (χ3v) is 5.70. The van der Waals surface area contributed by atoms with Gasteiger partial charge in [0.05, 0.1) is 42.6 Å². The van der Waals surface area contributed by atoms with Gasteiger partial charge in [0.25, 0.3) is 5.91 Å². The molecule has 2 atom stereocenters. The summed E-state index contributed by atoms with van der Waals surface area (Å²) in [7, 11) is 0. The second-order valence-corrected chi connectivity index (χ2v) is 7.67. The normalized spacial score (nSPS) is 24.1. The Morgan fingerprint density at radius 1 is 1.11 bits per heavy atom. The van der Waals surface area contributed by atoms with Gasteiger partial charge in [0.2, 0.25) is 0 Å². The number of carbonyl (C=O) groups excluding carboxylic acids is 2. The van der Waals surface area contributed by atoms with E-state index >= 15 is 0 Å². The van der Waals surface area contributed by atoms with Crippen molar-refractivity contribution in [2.45, 2.75) is 44.2 Å². The van der Waals surface area contributed by atoms with Crippen molar-refractivity contribution in [3.8, 4) is 11.5 Å². The number of carbonyl (C=O) groups is 2. The van der Waals surface area contributed by atoms with E-state index in [1.54, 1.807) is 6.07 Å². The Hall–Kier alpha value is -1.99. The molecule has 2 fully saturated rings. The minimum Gasteiger partial charge on any atom is -0.489 e. The lowest BCUT2D eigenvalue weighted by molar-refractivity contribution is -0.152. The molecule has 1 aliphatic carbocycles. The molecule has 28 heavy (non-hydrogen) atoms. The Labute approximate surface area is 168 Å². The Morgan fingerprint density at radius 2 is 1.93 bits per heavy atom. The van der Waals surface area contributed by atoms with E-state index in [2.05, 4.69) is 0 Å². The zero-order valence-corrected chi connectivity index (χ0v) is 16.4. The van der Waals surface area contributed by atoms with Gasteiger partial charge in [0.1, 0.15) is 0 Å². The molecule has 1 saturated carbocycles. The summed E-state index contributed by atoms with van der Waals surface area (Å²) in [6, 6.07) is 3.11. The highest BCUT2D eigenvalue weighted by atomic mass is 35.5. The predicted octanol–water partition coefficient (Wildman–Crippen LogP) is 2.83. The molecule has 1 saturated heterocycles. The van der Waals surface area contributed by atoms with Crippen molar-refractivity contribution in [1.29, 1.82) is 0 Å². The second kappa shape index (κ2) is 8.57. The van der Waals surface area contributed by atoms with E-state index in [4.69, 9.17) is 30.5 Å². The first-order valence-electron chi connectivity index (χ1n) is 9.81. The van der Waals surface area contributed by atoms with Crippen molar-refractivity contribution in [3.05, 3.63) is 22.7 Å². The average Bonchev–Trinajstić information content (AvgIpc) is 2.97. The maximum atomic E-state index is 12.7. The number of hydrogen-bond acceptors (Lipinski definition) is 6. The first-order chi connectivity index (χ1) is 13.6. The van der Waals surface area contributed by atoms with E-state index in [0.29, 0.717) is 37.9 Å². The average molecular weight is 410 g/mol. The number of benzene rings is 1. The van der Waals surface area contributed by atoms with Crippen LogP contribution >= 0.6 is 11.6 Å². The monoisotopic (exact) mass is 409 g/mol. The van der Waals surface area contributed by atoms with Crippen LogP contribution in [0.2, 0.25) is 5.02 Å². The molecule has 0 unspecified atom stereocenters. The topological polar surface area (TPSA) is 74.3 Å². The molecule has 0 spiro atoms. The summed E-state index contributed by atoms with van der Waals surface area (Å²) in [4.78, 5) is 26.9. The molecule has 0 radical (unpaired) electrons. The van der Waals surface area contributed by atoms with Crippen molar-refractivity contribution >= 4 is 23.5 Å². The zero-order valence-electron chi connectivity index (χ0n) is 15.7. The Bertz CT molecular complexity index is 752. The summed E-state index contributed by atoms with van der Waals surface area (Å²) in [6.45, 7) is 1.76. The molecule has 4 rings (SSSR count). The highest BCUT2D eigenvalue weighted by Crippen LogP contribution is 2.38. The van der Waals surface area contributed by atoms with Gasteiger partial charge in [-0.15, -0.1) is 0 Å². The fourth-order valence-electron chi connectivity index (χ4n) is 4.05. The number of nitrogens with zero attached hydrogens (tertiary/aromatic N) is 1. The van der Waals surface area contributed by atoms with Crippen LogP contribution < -0.4 is 9.47 Å². The molecule has 1 aromatic rings. The molecule has 2 aliphatic heterocycles. The largest absolute Gasteiger partial charge is 0.489 e. The molecule has 2 heterocycles. The highest BCUT2D eigenvalue weighted by molar-refractivity contribution is 6.32. The first kappa shape index (κ1) is 19.3. The summed E-state index contributed by atoms with van der Waals surface area (Å²) >= 11 is 6.22. The van der Waals surface area contributed by atoms with Gasteiger partial charge in [-0.3, -0.25) is 4.79 Å². The number of hydrogen-bond donors (Lipinski definition) is 0. The van der Waals surface area contributed by atoms with Gasteiger partial charge in [-0.2, -0.15) is 0 Å². The number of rotatable bonds is 3. The molecule has 0 aromatic heterocycles. The van der Waals surface area contributed by atoms with Gasteiger partial charge in [0.15, 0.2) is 18.1 Å². The van der Waals surface area contributed by atoms with Gasteiger partial charge in [-0.05, 0) is 25.0 Å². The van der Waals surface area contributed by atoms with E-state index in [0.717, 1.165) is 32.1 Å². The summed E-state index contributed by atoms with van der Waals surface area (Å²) in [5.41, 5.74) is 0.236. The molecule has 0 N–H and O–H groups in total. The molecule has 0 bridgehead atoms. The van der Waals surface area contributed by atoms with Gasteiger partial charge >= 0.3 is 5.97 Å². The molecule has 152 valence electrons. The lowest BCUT2D eigenvalue weighted by atomic mass is 9.90. The molecule has 8 heteroatoms. The van der Waals surface area contributed by atoms with E-state index in [1.807, 2.05) is 4.90 Å². The van der Waals surface area contributed by atoms with E-state index in [9.17, 15) is 9.59 Å². The number of morpholine rings is 1. The molecule has 1 amide bonds. The summed E-state index contributed by atoms with van der Waals surface area (Å²) in [6.07, 6.45) is 4.96.